The maximum Gasteiger partial charge on any atom is 0.197 e. The normalized spacial score (nSPS) is 10.5. The molecule has 88 valence electrons. The second-order valence-electron chi connectivity index (χ2n) is 3.54. The van der Waals surface area contributed by atoms with E-state index in [1.807, 2.05) is 25.1 Å². The molecular weight excluding hydrogens is 395 g/mol. The fraction of sp³-hybridized carbons (Fsp3) is 0.167. The van der Waals surface area contributed by atoms with Gasteiger partial charge in [-0.2, -0.15) is 5.10 Å². The Morgan fingerprint density at radius 2 is 2.29 bits per heavy atom. The molecule has 3 nitrogen and oxygen atoms in total. The van der Waals surface area contributed by atoms with Crippen molar-refractivity contribution in [2.75, 3.05) is 0 Å². The van der Waals surface area contributed by atoms with Gasteiger partial charge in [0.2, 0.25) is 0 Å². The number of hydrogen-bond acceptors (Lipinski definition) is 2. The van der Waals surface area contributed by atoms with Crippen LogP contribution in [0.15, 0.2) is 35.1 Å². The van der Waals surface area contributed by atoms with E-state index in [9.17, 15) is 4.79 Å². The fourth-order valence-corrected chi connectivity index (χ4v) is 2.40. The lowest BCUT2D eigenvalue weighted by atomic mass is 10.1. The number of hydrogen-bond donors (Lipinski definition) is 0. The average Bonchev–Trinajstić information content (AvgIpc) is 2.80. The van der Waals surface area contributed by atoms with Gasteiger partial charge >= 0.3 is 0 Å². The van der Waals surface area contributed by atoms with Crippen LogP contribution < -0.4 is 0 Å². The summed E-state index contributed by atoms with van der Waals surface area (Å²) in [4.78, 5) is 12.3. The monoisotopic (exact) mass is 404 g/mol. The molecule has 0 aliphatic rings. The van der Waals surface area contributed by atoms with Crippen LogP contribution in [0.25, 0.3) is 0 Å². The van der Waals surface area contributed by atoms with Crippen molar-refractivity contribution in [3.8, 4) is 0 Å². The summed E-state index contributed by atoms with van der Waals surface area (Å²) in [6.07, 6.45) is 3.38. The van der Waals surface area contributed by atoms with E-state index in [-0.39, 0.29) is 5.78 Å². The maximum absolute atomic E-state index is 12.3. The number of ketones is 1. The zero-order valence-corrected chi connectivity index (χ0v) is 12.9. The first-order chi connectivity index (χ1) is 8.11. The standard InChI is InChI=1S/C12H10BrIN2O/c1-2-16-7-8(6-15-16)12(17)10-5-9(14)3-4-11(10)13/h3-7H,2H2,1H3. The van der Waals surface area contributed by atoms with Crippen LogP contribution in [0.2, 0.25) is 0 Å². The fourth-order valence-electron chi connectivity index (χ4n) is 1.48. The third-order valence-electron chi connectivity index (χ3n) is 2.39. The quantitative estimate of drug-likeness (QED) is 0.579. The lowest BCUT2D eigenvalue weighted by Gasteiger charge is -2.02. The van der Waals surface area contributed by atoms with Gasteiger partial charge in [0.15, 0.2) is 5.78 Å². The molecule has 1 heterocycles. The number of aryl methyl sites for hydroxylation is 1. The molecule has 0 saturated heterocycles. The number of benzene rings is 1. The van der Waals surface area contributed by atoms with Gasteiger partial charge in [0.1, 0.15) is 0 Å². The second kappa shape index (κ2) is 5.30. The molecule has 0 amide bonds. The summed E-state index contributed by atoms with van der Waals surface area (Å²) in [6.45, 7) is 2.75. The summed E-state index contributed by atoms with van der Waals surface area (Å²) in [6, 6.07) is 5.71. The number of rotatable bonds is 3. The maximum atomic E-state index is 12.3. The minimum atomic E-state index is -0.00455. The largest absolute Gasteiger partial charge is 0.288 e. The molecule has 0 spiro atoms. The number of carbonyl (C=O) groups excluding carboxylic acids is 1. The van der Waals surface area contributed by atoms with Crippen molar-refractivity contribution < 1.29 is 4.79 Å². The Morgan fingerprint density at radius 1 is 1.53 bits per heavy atom. The van der Waals surface area contributed by atoms with Gasteiger partial charge in [-0.05, 0) is 47.7 Å². The van der Waals surface area contributed by atoms with E-state index in [0.29, 0.717) is 11.1 Å². The molecule has 0 bridgehead atoms. The highest BCUT2D eigenvalue weighted by atomic mass is 127. The van der Waals surface area contributed by atoms with Crippen LogP contribution in [-0.4, -0.2) is 15.6 Å². The van der Waals surface area contributed by atoms with Gasteiger partial charge in [-0.25, -0.2) is 0 Å². The lowest BCUT2D eigenvalue weighted by Crippen LogP contribution is -2.02. The van der Waals surface area contributed by atoms with E-state index in [1.165, 1.54) is 0 Å². The number of halogens is 2. The highest BCUT2D eigenvalue weighted by Gasteiger charge is 2.14. The van der Waals surface area contributed by atoms with Gasteiger partial charge in [0.25, 0.3) is 0 Å². The molecule has 0 N–H and O–H groups in total. The van der Waals surface area contributed by atoms with E-state index >= 15 is 0 Å². The molecule has 0 unspecified atom stereocenters. The molecule has 0 aliphatic heterocycles. The minimum Gasteiger partial charge on any atom is -0.288 e. The minimum absolute atomic E-state index is 0.00455. The van der Waals surface area contributed by atoms with Gasteiger partial charge < -0.3 is 0 Å². The third kappa shape index (κ3) is 2.77. The first-order valence-corrected chi connectivity index (χ1v) is 7.01. The first-order valence-electron chi connectivity index (χ1n) is 5.14. The highest BCUT2D eigenvalue weighted by Crippen LogP contribution is 2.22. The molecule has 0 aliphatic carbocycles. The summed E-state index contributed by atoms with van der Waals surface area (Å²) in [7, 11) is 0. The molecule has 0 saturated carbocycles. The summed E-state index contributed by atoms with van der Waals surface area (Å²) in [5, 5.41) is 4.11. The SMILES string of the molecule is CCn1cc(C(=O)c2cc(I)ccc2Br)cn1. The molecule has 5 heteroatoms. The highest BCUT2D eigenvalue weighted by molar-refractivity contribution is 14.1. The van der Waals surface area contributed by atoms with Gasteiger partial charge in [-0.1, -0.05) is 15.9 Å². The van der Waals surface area contributed by atoms with Crippen molar-refractivity contribution in [2.45, 2.75) is 13.5 Å². The van der Waals surface area contributed by atoms with Crippen molar-refractivity contribution in [3.63, 3.8) is 0 Å². The molecule has 0 fully saturated rings. The Balaban J connectivity index is 2.39. The Labute approximate surface area is 121 Å². The zero-order chi connectivity index (χ0) is 12.4. The predicted octanol–water partition coefficient (Wildman–Crippen LogP) is 3.50. The Bertz CT molecular complexity index is 565. The molecule has 0 atom stereocenters. The average molecular weight is 405 g/mol. The lowest BCUT2D eigenvalue weighted by molar-refractivity contribution is 0.103. The van der Waals surface area contributed by atoms with Crippen LogP contribution >= 0.6 is 38.5 Å². The van der Waals surface area contributed by atoms with Crippen molar-refractivity contribution in [3.05, 3.63) is 49.8 Å². The smallest absolute Gasteiger partial charge is 0.197 e. The second-order valence-corrected chi connectivity index (χ2v) is 5.64. The van der Waals surface area contributed by atoms with Crippen molar-refractivity contribution in [2.24, 2.45) is 0 Å². The van der Waals surface area contributed by atoms with E-state index < -0.39 is 0 Å². The summed E-state index contributed by atoms with van der Waals surface area (Å²) in [5.41, 5.74) is 1.29. The van der Waals surface area contributed by atoms with Gasteiger partial charge in [0, 0.05) is 26.3 Å². The van der Waals surface area contributed by atoms with E-state index in [0.717, 1.165) is 14.6 Å². The third-order valence-corrected chi connectivity index (χ3v) is 3.75. The Morgan fingerprint density at radius 3 is 2.94 bits per heavy atom. The van der Waals surface area contributed by atoms with Crippen LogP contribution in [0.3, 0.4) is 0 Å². The number of aromatic nitrogens is 2. The molecule has 17 heavy (non-hydrogen) atoms. The molecule has 2 aromatic rings. The van der Waals surface area contributed by atoms with Crippen LogP contribution in [0, 0.1) is 3.57 Å². The van der Waals surface area contributed by atoms with Crippen molar-refractivity contribution in [1.82, 2.24) is 9.78 Å². The van der Waals surface area contributed by atoms with Crippen LogP contribution in [0.1, 0.15) is 22.8 Å². The van der Waals surface area contributed by atoms with E-state index in [2.05, 4.69) is 43.6 Å². The first kappa shape index (κ1) is 12.8. The van der Waals surface area contributed by atoms with Gasteiger partial charge in [0.05, 0.1) is 11.8 Å². The van der Waals surface area contributed by atoms with Crippen molar-refractivity contribution >= 4 is 44.3 Å². The van der Waals surface area contributed by atoms with E-state index in [4.69, 9.17) is 0 Å². The zero-order valence-electron chi connectivity index (χ0n) is 9.15. The molecule has 1 aromatic heterocycles. The Kier molecular flexibility index (Phi) is 3.98. The van der Waals surface area contributed by atoms with Gasteiger partial charge in [-0.15, -0.1) is 0 Å². The number of carbonyl (C=O) groups is 1. The topological polar surface area (TPSA) is 34.9 Å². The molecule has 2 rings (SSSR count). The molecule has 0 radical (unpaired) electrons. The van der Waals surface area contributed by atoms with Crippen LogP contribution in [-0.2, 0) is 6.54 Å². The summed E-state index contributed by atoms with van der Waals surface area (Å²) < 4.78 is 3.60. The Hall–Kier alpha value is -0.690. The van der Waals surface area contributed by atoms with Gasteiger partial charge in [-0.3, -0.25) is 9.48 Å². The molecular formula is C12H10BrIN2O. The summed E-state index contributed by atoms with van der Waals surface area (Å²) >= 11 is 5.59. The van der Waals surface area contributed by atoms with E-state index in [1.54, 1.807) is 17.1 Å². The predicted molar refractivity (Wildman–Crippen MR) is 78.2 cm³/mol. The summed E-state index contributed by atoms with van der Waals surface area (Å²) in [5.74, 6) is -0.00455. The van der Waals surface area contributed by atoms with Crippen LogP contribution in [0.5, 0.6) is 0 Å². The molecule has 1 aromatic carbocycles. The van der Waals surface area contributed by atoms with Crippen LogP contribution in [0.4, 0.5) is 0 Å². The van der Waals surface area contributed by atoms with Crippen molar-refractivity contribution in [1.29, 1.82) is 0 Å². The number of nitrogens with zero attached hydrogens (tertiary/aromatic N) is 2.